The highest BCUT2D eigenvalue weighted by Gasteiger charge is 2.31. The summed E-state index contributed by atoms with van der Waals surface area (Å²) in [5.74, 6) is 4.13. The van der Waals surface area contributed by atoms with Crippen LogP contribution in [0.1, 0.15) is 46.5 Å². The zero-order valence-corrected chi connectivity index (χ0v) is 11.7. The van der Waals surface area contributed by atoms with Crippen LogP contribution in [-0.4, -0.2) is 24.1 Å². The zero-order chi connectivity index (χ0) is 14.3. The average Bonchev–Trinajstić information content (AvgIpc) is 2.37. The molecule has 0 aromatic carbocycles. The summed E-state index contributed by atoms with van der Waals surface area (Å²) in [5.41, 5.74) is -0.0651. The first-order valence-corrected chi connectivity index (χ1v) is 6.57. The second-order valence-corrected chi connectivity index (χ2v) is 4.57. The Balaban J connectivity index is 2.95. The number of carbonyl (C=O) groups excluding carboxylic acids is 2. The molecule has 0 amide bonds. The van der Waals surface area contributed by atoms with Crippen molar-refractivity contribution in [3.8, 4) is 11.8 Å². The van der Waals surface area contributed by atoms with Crippen LogP contribution in [0.2, 0.25) is 0 Å². The van der Waals surface area contributed by atoms with E-state index in [9.17, 15) is 9.59 Å². The van der Waals surface area contributed by atoms with Gasteiger partial charge < -0.3 is 9.47 Å². The van der Waals surface area contributed by atoms with Crippen LogP contribution >= 0.6 is 0 Å². The monoisotopic (exact) mass is 264 g/mol. The van der Waals surface area contributed by atoms with Crippen LogP contribution < -0.4 is 0 Å². The lowest BCUT2D eigenvalue weighted by Crippen LogP contribution is -2.32. The highest BCUT2D eigenvalue weighted by Crippen LogP contribution is 2.30. The fraction of sp³-hybridized carbons (Fsp3) is 0.600. The third-order valence-corrected chi connectivity index (χ3v) is 2.93. The molecule has 1 unspecified atom stereocenters. The van der Waals surface area contributed by atoms with Crippen molar-refractivity contribution in [3.05, 3.63) is 11.6 Å². The van der Waals surface area contributed by atoms with Gasteiger partial charge in [-0.1, -0.05) is 6.08 Å². The number of rotatable bonds is 3. The predicted octanol–water partition coefficient (Wildman–Crippen LogP) is 2.38. The molecule has 104 valence electrons. The molecule has 0 spiro atoms. The van der Waals surface area contributed by atoms with Crippen LogP contribution in [0, 0.1) is 11.8 Å². The maximum atomic E-state index is 11.3. The lowest BCUT2D eigenvalue weighted by molar-refractivity contribution is -0.148. The Morgan fingerprint density at radius 1 is 1.42 bits per heavy atom. The number of esters is 2. The SMILES string of the molecule is CCOC(=O)C#CC(C)(OC(C)=O)C1=CCCCC1. The first-order chi connectivity index (χ1) is 8.98. The molecule has 0 aromatic heterocycles. The molecule has 0 fully saturated rings. The molecule has 1 aliphatic rings. The molecule has 1 atom stereocenters. The van der Waals surface area contributed by atoms with Crippen LogP contribution in [0.4, 0.5) is 0 Å². The van der Waals surface area contributed by atoms with Gasteiger partial charge in [-0.05, 0) is 51.0 Å². The number of hydrogen-bond donors (Lipinski definition) is 0. The second kappa shape index (κ2) is 6.98. The highest BCUT2D eigenvalue weighted by molar-refractivity contribution is 5.88. The van der Waals surface area contributed by atoms with Gasteiger partial charge in [0.2, 0.25) is 0 Å². The van der Waals surface area contributed by atoms with Gasteiger partial charge in [-0.2, -0.15) is 0 Å². The topological polar surface area (TPSA) is 52.6 Å². The standard InChI is InChI=1S/C15H20O4/c1-4-18-14(17)10-11-15(3,19-12(2)16)13-8-6-5-7-9-13/h8H,4-7,9H2,1-3H3. The van der Waals surface area contributed by atoms with E-state index in [1.165, 1.54) is 6.92 Å². The molecule has 0 aromatic rings. The molecular formula is C15H20O4. The summed E-state index contributed by atoms with van der Waals surface area (Å²) in [7, 11) is 0. The number of ether oxygens (including phenoxy) is 2. The Bertz CT molecular complexity index is 439. The number of hydrogen-bond acceptors (Lipinski definition) is 4. The van der Waals surface area contributed by atoms with Crippen LogP contribution in [-0.2, 0) is 19.1 Å². The molecule has 0 N–H and O–H groups in total. The van der Waals surface area contributed by atoms with Gasteiger partial charge in [0.1, 0.15) is 0 Å². The van der Waals surface area contributed by atoms with Crippen LogP contribution in [0.15, 0.2) is 11.6 Å². The Labute approximate surface area is 114 Å². The van der Waals surface area contributed by atoms with Gasteiger partial charge in [0.15, 0.2) is 5.60 Å². The Hall–Kier alpha value is -1.76. The van der Waals surface area contributed by atoms with Crippen molar-refractivity contribution in [1.29, 1.82) is 0 Å². The van der Waals surface area contributed by atoms with Crippen LogP contribution in [0.25, 0.3) is 0 Å². The molecule has 19 heavy (non-hydrogen) atoms. The molecule has 0 bridgehead atoms. The molecule has 0 heterocycles. The lowest BCUT2D eigenvalue weighted by atomic mass is 9.87. The van der Waals surface area contributed by atoms with Gasteiger partial charge in [0, 0.05) is 12.8 Å². The average molecular weight is 264 g/mol. The van der Waals surface area contributed by atoms with E-state index in [-0.39, 0.29) is 6.61 Å². The van der Waals surface area contributed by atoms with Gasteiger partial charge in [-0.3, -0.25) is 4.79 Å². The molecule has 1 aliphatic carbocycles. The van der Waals surface area contributed by atoms with Crippen molar-refractivity contribution in [2.75, 3.05) is 6.61 Å². The molecule has 1 rings (SSSR count). The van der Waals surface area contributed by atoms with Gasteiger partial charge in [-0.15, -0.1) is 0 Å². The van der Waals surface area contributed by atoms with Crippen molar-refractivity contribution in [3.63, 3.8) is 0 Å². The molecule has 0 aliphatic heterocycles. The lowest BCUT2D eigenvalue weighted by Gasteiger charge is -2.28. The van der Waals surface area contributed by atoms with Crippen molar-refractivity contribution < 1.29 is 19.1 Å². The summed E-state index contributed by atoms with van der Waals surface area (Å²) in [5, 5.41) is 0. The van der Waals surface area contributed by atoms with E-state index >= 15 is 0 Å². The van der Waals surface area contributed by atoms with E-state index in [4.69, 9.17) is 9.47 Å². The van der Waals surface area contributed by atoms with Crippen molar-refractivity contribution >= 4 is 11.9 Å². The highest BCUT2D eigenvalue weighted by atomic mass is 16.6. The summed E-state index contributed by atoms with van der Waals surface area (Å²) in [6.45, 7) is 5.06. The fourth-order valence-electron chi connectivity index (χ4n) is 2.07. The van der Waals surface area contributed by atoms with Crippen LogP contribution in [0.5, 0.6) is 0 Å². The van der Waals surface area contributed by atoms with Gasteiger partial charge in [-0.25, -0.2) is 4.79 Å². The predicted molar refractivity (Wildman–Crippen MR) is 71.1 cm³/mol. The largest absolute Gasteiger partial charge is 0.456 e. The maximum Gasteiger partial charge on any atom is 0.384 e. The van der Waals surface area contributed by atoms with E-state index in [0.29, 0.717) is 0 Å². The van der Waals surface area contributed by atoms with E-state index in [0.717, 1.165) is 31.3 Å². The Morgan fingerprint density at radius 2 is 2.16 bits per heavy atom. The third-order valence-electron chi connectivity index (χ3n) is 2.93. The summed E-state index contributed by atoms with van der Waals surface area (Å²) in [6, 6.07) is 0. The van der Waals surface area contributed by atoms with E-state index in [1.54, 1.807) is 13.8 Å². The summed E-state index contributed by atoms with van der Waals surface area (Å²) in [6.07, 6.45) is 6.01. The summed E-state index contributed by atoms with van der Waals surface area (Å²) < 4.78 is 10.1. The minimum absolute atomic E-state index is 0.278. The number of allylic oxidation sites excluding steroid dienone is 1. The Morgan fingerprint density at radius 3 is 2.68 bits per heavy atom. The minimum Gasteiger partial charge on any atom is -0.456 e. The normalized spacial score (nSPS) is 17.3. The molecular weight excluding hydrogens is 244 g/mol. The maximum absolute atomic E-state index is 11.3. The summed E-state index contributed by atoms with van der Waals surface area (Å²) in [4.78, 5) is 22.5. The smallest absolute Gasteiger partial charge is 0.384 e. The first kappa shape index (κ1) is 15.3. The fourth-order valence-corrected chi connectivity index (χ4v) is 2.07. The molecule has 0 saturated carbocycles. The van der Waals surface area contributed by atoms with Gasteiger partial charge in [0.05, 0.1) is 6.61 Å². The van der Waals surface area contributed by atoms with E-state index in [2.05, 4.69) is 11.8 Å². The van der Waals surface area contributed by atoms with Gasteiger partial charge in [0.25, 0.3) is 0 Å². The Kier molecular flexibility index (Phi) is 5.62. The first-order valence-electron chi connectivity index (χ1n) is 6.57. The van der Waals surface area contributed by atoms with Crippen molar-refractivity contribution in [1.82, 2.24) is 0 Å². The third kappa shape index (κ3) is 4.78. The van der Waals surface area contributed by atoms with Gasteiger partial charge >= 0.3 is 11.9 Å². The minimum atomic E-state index is -1.03. The van der Waals surface area contributed by atoms with E-state index in [1.807, 2.05) is 6.08 Å². The molecule has 0 radical (unpaired) electrons. The molecule has 0 saturated heterocycles. The van der Waals surface area contributed by atoms with Crippen molar-refractivity contribution in [2.24, 2.45) is 0 Å². The van der Waals surface area contributed by atoms with Crippen LogP contribution in [0.3, 0.4) is 0 Å². The molecule has 4 nitrogen and oxygen atoms in total. The van der Waals surface area contributed by atoms with E-state index < -0.39 is 17.5 Å². The second-order valence-electron chi connectivity index (χ2n) is 4.57. The quantitative estimate of drug-likeness (QED) is 0.340. The zero-order valence-electron chi connectivity index (χ0n) is 11.7. The number of carbonyl (C=O) groups is 2. The summed E-state index contributed by atoms with van der Waals surface area (Å²) >= 11 is 0. The van der Waals surface area contributed by atoms with Crippen molar-refractivity contribution in [2.45, 2.75) is 52.1 Å². The molecule has 4 heteroatoms.